The van der Waals surface area contributed by atoms with Crippen molar-refractivity contribution in [1.29, 1.82) is 0 Å². The van der Waals surface area contributed by atoms with Gasteiger partial charge in [0.25, 0.3) is 0 Å². The maximum absolute atomic E-state index is 11.4. The third-order valence-electron chi connectivity index (χ3n) is 2.66. The van der Waals surface area contributed by atoms with E-state index in [2.05, 4.69) is 5.32 Å². The van der Waals surface area contributed by atoms with Gasteiger partial charge in [-0.3, -0.25) is 4.79 Å². The Hall–Kier alpha value is -0.610. The molecule has 4 heteroatoms. The van der Waals surface area contributed by atoms with Crippen LogP contribution in [-0.4, -0.2) is 29.2 Å². The van der Waals surface area contributed by atoms with E-state index in [4.69, 9.17) is 10.8 Å². The van der Waals surface area contributed by atoms with E-state index in [1.807, 2.05) is 13.8 Å². The normalized spacial score (nSPS) is 31.7. The van der Waals surface area contributed by atoms with E-state index < -0.39 is 0 Å². The molecule has 1 saturated carbocycles. The first-order chi connectivity index (χ1) is 6.00. The number of aliphatic hydroxyl groups excluding tert-OH is 1. The smallest absolute Gasteiger partial charge is 0.224 e. The molecule has 0 heterocycles. The molecule has 1 rings (SSSR count). The molecule has 1 aliphatic rings. The van der Waals surface area contributed by atoms with Gasteiger partial charge in [0.15, 0.2) is 0 Å². The molecule has 0 bridgehead atoms. The highest BCUT2D eigenvalue weighted by Gasteiger charge is 2.30. The standard InChI is InChI=1S/C9H18N2O2/c1-5(6(2)10)9(13)11-7-3-8(12)4-7/h5-8,12H,3-4,10H2,1-2H3,(H,11,13). The van der Waals surface area contributed by atoms with Gasteiger partial charge in [0.2, 0.25) is 5.91 Å². The summed E-state index contributed by atoms with van der Waals surface area (Å²) in [6.07, 6.45) is 1.13. The summed E-state index contributed by atoms with van der Waals surface area (Å²) in [6.45, 7) is 3.63. The molecule has 0 radical (unpaired) electrons. The predicted octanol–water partition coefficient (Wildman–Crippen LogP) is -0.391. The lowest BCUT2D eigenvalue weighted by Gasteiger charge is -2.33. The summed E-state index contributed by atoms with van der Waals surface area (Å²) in [7, 11) is 0. The Morgan fingerprint density at radius 2 is 2.08 bits per heavy atom. The van der Waals surface area contributed by atoms with Gasteiger partial charge < -0.3 is 16.2 Å². The molecule has 76 valence electrons. The summed E-state index contributed by atoms with van der Waals surface area (Å²) in [6, 6.07) is 0.0358. The van der Waals surface area contributed by atoms with Gasteiger partial charge in [0.05, 0.1) is 6.10 Å². The van der Waals surface area contributed by atoms with Crippen LogP contribution in [0.5, 0.6) is 0 Å². The fraction of sp³-hybridized carbons (Fsp3) is 0.889. The minimum Gasteiger partial charge on any atom is -0.393 e. The van der Waals surface area contributed by atoms with Gasteiger partial charge in [-0.2, -0.15) is 0 Å². The van der Waals surface area contributed by atoms with Crippen molar-refractivity contribution in [3.05, 3.63) is 0 Å². The van der Waals surface area contributed by atoms with E-state index in [-0.39, 0.29) is 30.0 Å². The molecule has 0 aromatic carbocycles. The van der Waals surface area contributed by atoms with Crippen molar-refractivity contribution < 1.29 is 9.90 Å². The summed E-state index contributed by atoms with van der Waals surface area (Å²) < 4.78 is 0. The third kappa shape index (κ3) is 2.67. The fourth-order valence-electron chi connectivity index (χ4n) is 1.28. The molecular weight excluding hydrogens is 168 g/mol. The van der Waals surface area contributed by atoms with Gasteiger partial charge in [-0.1, -0.05) is 6.92 Å². The zero-order chi connectivity index (χ0) is 10.0. The van der Waals surface area contributed by atoms with Crippen molar-refractivity contribution in [1.82, 2.24) is 5.32 Å². The molecule has 4 nitrogen and oxygen atoms in total. The molecule has 0 aromatic heterocycles. The van der Waals surface area contributed by atoms with E-state index in [0.717, 1.165) is 0 Å². The Bertz CT molecular complexity index is 188. The Kier molecular flexibility index (Phi) is 3.27. The second kappa shape index (κ2) is 4.07. The topological polar surface area (TPSA) is 75.4 Å². The van der Waals surface area contributed by atoms with Gasteiger partial charge in [-0.25, -0.2) is 0 Å². The van der Waals surface area contributed by atoms with Crippen LogP contribution in [0.25, 0.3) is 0 Å². The number of hydrogen-bond donors (Lipinski definition) is 3. The first-order valence-corrected chi connectivity index (χ1v) is 4.74. The summed E-state index contributed by atoms with van der Waals surface area (Å²) in [5, 5.41) is 11.9. The van der Waals surface area contributed by atoms with E-state index in [1.54, 1.807) is 0 Å². The second-order valence-electron chi connectivity index (χ2n) is 3.98. The maximum Gasteiger partial charge on any atom is 0.224 e. The lowest BCUT2D eigenvalue weighted by Crippen LogP contribution is -2.50. The minimum atomic E-state index is -0.226. The summed E-state index contributed by atoms with van der Waals surface area (Å²) in [5.74, 6) is -0.162. The molecule has 1 fully saturated rings. The first-order valence-electron chi connectivity index (χ1n) is 4.74. The van der Waals surface area contributed by atoms with Crippen LogP contribution < -0.4 is 11.1 Å². The highest BCUT2D eigenvalue weighted by atomic mass is 16.3. The van der Waals surface area contributed by atoms with Crippen molar-refractivity contribution >= 4 is 5.91 Å². The van der Waals surface area contributed by atoms with Crippen molar-refractivity contribution in [2.75, 3.05) is 0 Å². The largest absolute Gasteiger partial charge is 0.393 e. The Labute approximate surface area is 78.5 Å². The van der Waals surface area contributed by atoms with Crippen LogP contribution in [0.3, 0.4) is 0 Å². The van der Waals surface area contributed by atoms with Gasteiger partial charge in [0, 0.05) is 18.0 Å². The molecule has 2 atom stereocenters. The van der Waals surface area contributed by atoms with Crippen LogP contribution in [0.2, 0.25) is 0 Å². The molecule has 0 saturated heterocycles. The number of nitrogens with two attached hydrogens (primary N) is 1. The molecule has 0 aromatic rings. The minimum absolute atomic E-state index is 0.00750. The van der Waals surface area contributed by atoms with E-state index >= 15 is 0 Å². The third-order valence-corrected chi connectivity index (χ3v) is 2.66. The van der Waals surface area contributed by atoms with E-state index in [9.17, 15) is 4.79 Å². The molecule has 1 amide bonds. The average Bonchev–Trinajstić information content (AvgIpc) is 2.00. The summed E-state index contributed by atoms with van der Waals surface area (Å²) >= 11 is 0. The Morgan fingerprint density at radius 3 is 2.46 bits per heavy atom. The lowest BCUT2D eigenvalue weighted by atomic mass is 9.89. The first kappa shape index (κ1) is 10.5. The molecule has 0 spiro atoms. The Morgan fingerprint density at radius 1 is 1.54 bits per heavy atom. The van der Waals surface area contributed by atoms with Crippen LogP contribution in [-0.2, 0) is 4.79 Å². The second-order valence-corrected chi connectivity index (χ2v) is 3.98. The van der Waals surface area contributed by atoms with Crippen molar-refractivity contribution in [2.45, 2.75) is 44.9 Å². The van der Waals surface area contributed by atoms with Crippen LogP contribution in [0.4, 0.5) is 0 Å². The SMILES string of the molecule is CC(N)C(C)C(=O)NC1CC(O)C1. The predicted molar refractivity (Wildman–Crippen MR) is 50.0 cm³/mol. The summed E-state index contributed by atoms with van der Waals surface area (Å²) in [4.78, 5) is 11.4. The zero-order valence-corrected chi connectivity index (χ0v) is 8.16. The van der Waals surface area contributed by atoms with Crippen LogP contribution in [0.1, 0.15) is 26.7 Å². The molecule has 2 unspecified atom stereocenters. The molecule has 13 heavy (non-hydrogen) atoms. The molecular formula is C9H18N2O2. The number of aliphatic hydroxyl groups is 1. The number of carbonyl (C=O) groups is 1. The summed E-state index contributed by atoms with van der Waals surface area (Å²) in [5.41, 5.74) is 5.59. The van der Waals surface area contributed by atoms with Crippen LogP contribution >= 0.6 is 0 Å². The number of nitrogens with one attached hydrogen (secondary N) is 1. The number of hydrogen-bond acceptors (Lipinski definition) is 3. The highest BCUT2D eigenvalue weighted by Crippen LogP contribution is 2.19. The van der Waals surface area contributed by atoms with E-state index in [0.29, 0.717) is 12.8 Å². The molecule has 1 aliphatic carbocycles. The van der Waals surface area contributed by atoms with Gasteiger partial charge >= 0.3 is 0 Å². The van der Waals surface area contributed by atoms with Crippen molar-refractivity contribution in [3.63, 3.8) is 0 Å². The molecule has 4 N–H and O–H groups in total. The maximum atomic E-state index is 11.4. The van der Waals surface area contributed by atoms with Gasteiger partial charge in [0.1, 0.15) is 0 Å². The van der Waals surface area contributed by atoms with Crippen molar-refractivity contribution in [3.8, 4) is 0 Å². The number of carbonyl (C=O) groups excluding carboxylic acids is 1. The van der Waals surface area contributed by atoms with Crippen molar-refractivity contribution in [2.24, 2.45) is 11.7 Å². The lowest BCUT2D eigenvalue weighted by molar-refractivity contribution is -0.127. The van der Waals surface area contributed by atoms with Gasteiger partial charge in [-0.05, 0) is 19.8 Å². The molecule has 0 aliphatic heterocycles. The van der Waals surface area contributed by atoms with Crippen LogP contribution in [0, 0.1) is 5.92 Å². The number of amides is 1. The Balaban J connectivity index is 2.25. The fourth-order valence-corrected chi connectivity index (χ4v) is 1.28. The van der Waals surface area contributed by atoms with Crippen LogP contribution in [0.15, 0.2) is 0 Å². The monoisotopic (exact) mass is 186 g/mol. The quantitative estimate of drug-likeness (QED) is 0.562. The average molecular weight is 186 g/mol. The number of rotatable bonds is 3. The highest BCUT2D eigenvalue weighted by molar-refractivity contribution is 5.79. The van der Waals surface area contributed by atoms with E-state index in [1.165, 1.54) is 0 Å². The zero-order valence-electron chi connectivity index (χ0n) is 8.16. The van der Waals surface area contributed by atoms with Gasteiger partial charge in [-0.15, -0.1) is 0 Å².